The predicted molar refractivity (Wildman–Crippen MR) is 93.6 cm³/mol. The number of piperidine rings is 1. The number of nitrogens with zero attached hydrogens (tertiary/aromatic N) is 3. The molecule has 5 nitrogen and oxygen atoms in total. The number of nitrogens with one attached hydrogen (secondary N) is 1. The summed E-state index contributed by atoms with van der Waals surface area (Å²) in [6, 6.07) is 1.90. The largest absolute Gasteiger partial charge is 0.351 e. The van der Waals surface area contributed by atoms with Gasteiger partial charge < -0.3 is 10.2 Å². The van der Waals surface area contributed by atoms with Crippen molar-refractivity contribution in [2.75, 3.05) is 26.2 Å². The molecule has 0 aromatic carbocycles. The highest BCUT2D eigenvalue weighted by Gasteiger charge is 2.21. The molecule has 1 aliphatic heterocycles. The zero-order chi connectivity index (χ0) is 17.0. The third-order valence-corrected chi connectivity index (χ3v) is 4.60. The number of likely N-dealkylation sites (tertiary alicyclic amines) is 1. The minimum atomic E-state index is -0.0210. The minimum Gasteiger partial charge on any atom is -0.351 e. The molecule has 2 unspecified atom stereocenters. The van der Waals surface area contributed by atoms with Crippen LogP contribution in [-0.4, -0.2) is 46.8 Å². The Bertz CT molecular complexity index is 513. The van der Waals surface area contributed by atoms with Gasteiger partial charge in [-0.3, -0.25) is 9.48 Å². The van der Waals surface area contributed by atoms with Crippen LogP contribution in [-0.2, 0) is 7.05 Å². The molecule has 2 heterocycles. The number of aromatic nitrogens is 2. The average molecular weight is 320 g/mol. The van der Waals surface area contributed by atoms with Gasteiger partial charge in [-0.15, -0.1) is 0 Å². The molecule has 1 amide bonds. The molecule has 0 bridgehead atoms. The maximum absolute atomic E-state index is 12.3. The number of rotatable bonds is 6. The summed E-state index contributed by atoms with van der Waals surface area (Å²) in [6.07, 6.45) is 2.34. The second-order valence-corrected chi connectivity index (χ2v) is 7.55. The van der Waals surface area contributed by atoms with Gasteiger partial charge >= 0.3 is 0 Å². The molecular weight excluding hydrogens is 288 g/mol. The molecular formula is C18H32N4O. The molecule has 2 atom stereocenters. The average Bonchev–Trinajstić information content (AvgIpc) is 2.85. The van der Waals surface area contributed by atoms with Crippen LogP contribution in [0.4, 0.5) is 0 Å². The molecule has 1 fully saturated rings. The maximum atomic E-state index is 12.3. The van der Waals surface area contributed by atoms with Crippen molar-refractivity contribution in [3.8, 4) is 0 Å². The first kappa shape index (κ1) is 18.0. The monoisotopic (exact) mass is 320 g/mol. The van der Waals surface area contributed by atoms with E-state index >= 15 is 0 Å². The van der Waals surface area contributed by atoms with Gasteiger partial charge in [-0.1, -0.05) is 27.7 Å². The van der Waals surface area contributed by atoms with Gasteiger partial charge in [0.2, 0.25) is 0 Å². The van der Waals surface area contributed by atoms with Gasteiger partial charge in [0.15, 0.2) is 0 Å². The lowest BCUT2D eigenvalue weighted by atomic mass is 9.92. The molecule has 0 saturated carbocycles. The van der Waals surface area contributed by atoms with Crippen LogP contribution in [0.2, 0.25) is 0 Å². The van der Waals surface area contributed by atoms with Crippen LogP contribution in [0.25, 0.3) is 0 Å². The molecule has 1 saturated heterocycles. The summed E-state index contributed by atoms with van der Waals surface area (Å²) < 4.78 is 1.68. The lowest BCUT2D eigenvalue weighted by Gasteiger charge is -2.34. The molecule has 0 spiro atoms. The summed E-state index contributed by atoms with van der Waals surface area (Å²) >= 11 is 0. The van der Waals surface area contributed by atoms with Crippen LogP contribution in [0.3, 0.4) is 0 Å². The highest BCUT2D eigenvalue weighted by atomic mass is 16.2. The van der Waals surface area contributed by atoms with Gasteiger partial charge in [0.25, 0.3) is 5.91 Å². The molecule has 1 aromatic heterocycles. The Morgan fingerprint density at radius 3 is 2.57 bits per heavy atom. The highest BCUT2D eigenvalue weighted by molar-refractivity contribution is 5.92. The van der Waals surface area contributed by atoms with E-state index in [0.717, 1.165) is 37.0 Å². The zero-order valence-electron chi connectivity index (χ0n) is 15.3. The van der Waals surface area contributed by atoms with Crippen molar-refractivity contribution >= 4 is 5.91 Å². The fourth-order valence-electron chi connectivity index (χ4n) is 3.55. The van der Waals surface area contributed by atoms with Crippen LogP contribution in [0.15, 0.2) is 6.07 Å². The van der Waals surface area contributed by atoms with E-state index in [1.165, 1.54) is 19.5 Å². The van der Waals surface area contributed by atoms with Gasteiger partial charge in [0.1, 0.15) is 5.69 Å². The maximum Gasteiger partial charge on any atom is 0.269 e. The number of carbonyl (C=O) groups excluding carboxylic acids is 1. The van der Waals surface area contributed by atoms with Crippen molar-refractivity contribution < 1.29 is 4.79 Å². The first-order chi connectivity index (χ1) is 10.9. The summed E-state index contributed by atoms with van der Waals surface area (Å²) in [4.78, 5) is 14.8. The van der Waals surface area contributed by atoms with E-state index in [4.69, 9.17) is 0 Å². The number of amides is 1. The molecule has 1 aromatic rings. The Morgan fingerprint density at radius 2 is 2.00 bits per heavy atom. The standard InChI is InChI=1S/C18H32N4O/c1-13(2)16-10-17(21(5)20-16)18(23)19-7-6-8-22-11-14(3)9-15(4)12-22/h10,13-15H,6-9,11-12H2,1-5H3,(H,19,23). The van der Waals surface area contributed by atoms with E-state index in [0.29, 0.717) is 11.6 Å². The normalized spacial score (nSPS) is 22.5. The third-order valence-electron chi connectivity index (χ3n) is 4.60. The topological polar surface area (TPSA) is 50.2 Å². The molecule has 23 heavy (non-hydrogen) atoms. The van der Waals surface area contributed by atoms with E-state index < -0.39 is 0 Å². The fourth-order valence-corrected chi connectivity index (χ4v) is 3.55. The Kier molecular flexibility index (Phi) is 6.22. The summed E-state index contributed by atoms with van der Waals surface area (Å²) in [6.45, 7) is 13.0. The van der Waals surface area contributed by atoms with E-state index in [9.17, 15) is 4.79 Å². The van der Waals surface area contributed by atoms with Crippen molar-refractivity contribution in [1.82, 2.24) is 20.0 Å². The van der Waals surface area contributed by atoms with Gasteiger partial charge in [-0.2, -0.15) is 5.10 Å². The Hall–Kier alpha value is -1.36. The van der Waals surface area contributed by atoms with Crippen molar-refractivity contribution in [3.63, 3.8) is 0 Å². The third kappa shape index (κ3) is 5.06. The SMILES string of the molecule is CC1CC(C)CN(CCCNC(=O)c2cc(C(C)C)nn2C)C1. The lowest BCUT2D eigenvalue weighted by molar-refractivity contribution is 0.0938. The van der Waals surface area contributed by atoms with Crippen LogP contribution < -0.4 is 5.32 Å². The first-order valence-electron chi connectivity index (χ1n) is 8.91. The Morgan fingerprint density at radius 1 is 1.35 bits per heavy atom. The van der Waals surface area contributed by atoms with Crippen LogP contribution in [0, 0.1) is 11.8 Å². The van der Waals surface area contributed by atoms with Gasteiger partial charge in [0, 0.05) is 26.7 Å². The smallest absolute Gasteiger partial charge is 0.269 e. The number of hydrogen-bond acceptors (Lipinski definition) is 3. The van der Waals surface area contributed by atoms with E-state index in [1.807, 2.05) is 13.1 Å². The van der Waals surface area contributed by atoms with E-state index in [2.05, 4.69) is 43.0 Å². The minimum absolute atomic E-state index is 0.0210. The Balaban J connectivity index is 1.75. The van der Waals surface area contributed by atoms with Gasteiger partial charge in [0.05, 0.1) is 5.69 Å². The lowest BCUT2D eigenvalue weighted by Crippen LogP contribution is -2.40. The van der Waals surface area contributed by atoms with E-state index in [1.54, 1.807) is 4.68 Å². The highest BCUT2D eigenvalue weighted by Crippen LogP contribution is 2.20. The zero-order valence-corrected chi connectivity index (χ0v) is 15.3. The molecule has 130 valence electrons. The van der Waals surface area contributed by atoms with Crippen molar-refractivity contribution in [2.45, 2.75) is 46.5 Å². The van der Waals surface area contributed by atoms with Crippen molar-refractivity contribution in [2.24, 2.45) is 18.9 Å². The van der Waals surface area contributed by atoms with Crippen molar-refractivity contribution in [3.05, 3.63) is 17.5 Å². The number of carbonyl (C=O) groups is 1. The number of hydrogen-bond donors (Lipinski definition) is 1. The summed E-state index contributed by atoms with van der Waals surface area (Å²) in [5.41, 5.74) is 1.61. The van der Waals surface area contributed by atoms with Gasteiger partial charge in [-0.05, 0) is 43.2 Å². The molecule has 1 aliphatic rings. The van der Waals surface area contributed by atoms with Crippen LogP contribution in [0.1, 0.15) is 62.6 Å². The van der Waals surface area contributed by atoms with Crippen LogP contribution in [0.5, 0.6) is 0 Å². The number of aryl methyl sites for hydroxylation is 1. The predicted octanol–water partition coefficient (Wildman–Crippen LogP) is 2.64. The molecule has 0 aliphatic carbocycles. The quantitative estimate of drug-likeness (QED) is 0.820. The van der Waals surface area contributed by atoms with Gasteiger partial charge in [-0.25, -0.2) is 0 Å². The summed E-state index contributed by atoms with van der Waals surface area (Å²) in [7, 11) is 1.83. The second kappa shape index (κ2) is 7.95. The second-order valence-electron chi connectivity index (χ2n) is 7.55. The fraction of sp³-hybridized carbons (Fsp3) is 0.778. The van der Waals surface area contributed by atoms with Crippen LogP contribution >= 0.6 is 0 Å². The summed E-state index contributed by atoms with van der Waals surface area (Å²) in [5.74, 6) is 1.90. The molecule has 2 rings (SSSR count). The Labute approximate surface area is 140 Å². The summed E-state index contributed by atoms with van der Waals surface area (Å²) in [5, 5.41) is 7.42. The van der Waals surface area contributed by atoms with E-state index in [-0.39, 0.29) is 5.91 Å². The molecule has 5 heteroatoms. The first-order valence-corrected chi connectivity index (χ1v) is 8.91. The molecule has 0 radical (unpaired) electrons. The van der Waals surface area contributed by atoms with Crippen molar-refractivity contribution in [1.29, 1.82) is 0 Å². The molecule has 1 N–H and O–H groups in total.